The molecule has 3 N–H and O–H groups in total. The first kappa shape index (κ1) is 19.5. The normalized spacial score (nSPS) is 16.7. The number of piperidine rings is 1. The molecule has 0 atom stereocenters. The zero-order chi connectivity index (χ0) is 20.0. The fourth-order valence-corrected chi connectivity index (χ4v) is 3.46. The zero-order valence-electron chi connectivity index (χ0n) is 16.8. The molecule has 1 aliphatic rings. The van der Waals surface area contributed by atoms with E-state index in [1.54, 1.807) is 18.7 Å². The maximum Gasteiger partial charge on any atom is 0.410 e. The molecular weight excluding hydrogens is 344 g/mol. The number of nitrogens with zero attached hydrogens (tertiary/aromatic N) is 3. The lowest BCUT2D eigenvalue weighted by Crippen LogP contribution is -2.42. The van der Waals surface area contributed by atoms with E-state index in [2.05, 4.69) is 0 Å². The van der Waals surface area contributed by atoms with Crippen LogP contribution in [0, 0.1) is 0 Å². The van der Waals surface area contributed by atoms with Gasteiger partial charge in [-0.1, -0.05) is 0 Å². The van der Waals surface area contributed by atoms with Crippen molar-refractivity contribution in [2.75, 3.05) is 18.8 Å². The highest BCUT2D eigenvalue weighted by Crippen LogP contribution is 2.31. The Morgan fingerprint density at radius 3 is 2.41 bits per heavy atom. The monoisotopic (exact) mass is 374 g/mol. The lowest BCUT2D eigenvalue weighted by Gasteiger charge is -2.33. The van der Waals surface area contributed by atoms with Gasteiger partial charge in [0.25, 0.3) is 0 Å². The maximum absolute atomic E-state index is 12.2. The molecule has 7 nitrogen and oxygen atoms in total. The predicted octanol–water partition coefficient (Wildman–Crippen LogP) is 3.42. The number of fused-ring (bicyclic) bond motifs is 1. The highest BCUT2D eigenvalue weighted by Gasteiger charge is 2.28. The van der Waals surface area contributed by atoms with Gasteiger partial charge in [0.05, 0.1) is 17.2 Å². The Labute approximate surface area is 160 Å². The number of carbonyl (C=O) groups excluding carboxylic acids is 1. The highest BCUT2D eigenvalue weighted by molar-refractivity contribution is 5.83. The standard InChI is InChI=1S/C20H30N4O3/c1-19(2,3)27-18(25)23-8-6-14(7-9-23)24-12-13-10-16(21)15(20(4,5)26)11-17(13)22-24/h10-12,14,26H,6-9,21H2,1-5H3. The molecule has 0 saturated carbocycles. The molecular formula is C20H30N4O3. The second kappa shape index (κ2) is 6.71. The molecule has 148 valence electrons. The van der Waals surface area contributed by atoms with E-state index in [0.29, 0.717) is 24.3 Å². The number of rotatable bonds is 2. The molecule has 0 aliphatic carbocycles. The van der Waals surface area contributed by atoms with Crippen molar-refractivity contribution < 1.29 is 14.6 Å². The number of aliphatic hydroxyl groups is 1. The number of nitrogens with two attached hydrogens (primary N) is 1. The Bertz CT molecular complexity index is 837. The second-order valence-corrected chi connectivity index (χ2v) is 8.86. The smallest absolute Gasteiger partial charge is 0.410 e. The summed E-state index contributed by atoms with van der Waals surface area (Å²) in [6, 6.07) is 3.95. The molecule has 7 heteroatoms. The number of aromatic nitrogens is 2. The van der Waals surface area contributed by atoms with Crippen molar-refractivity contribution >= 4 is 22.7 Å². The molecule has 0 radical (unpaired) electrons. The molecule has 1 saturated heterocycles. The van der Waals surface area contributed by atoms with E-state index in [-0.39, 0.29) is 12.1 Å². The van der Waals surface area contributed by atoms with Crippen LogP contribution >= 0.6 is 0 Å². The van der Waals surface area contributed by atoms with E-state index in [0.717, 1.165) is 23.7 Å². The fraction of sp³-hybridized carbons (Fsp3) is 0.600. The molecule has 1 amide bonds. The molecule has 1 fully saturated rings. The third-order valence-corrected chi connectivity index (χ3v) is 4.84. The molecule has 2 heterocycles. The average Bonchev–Trinajstić information content (AvgIpc) is 2.94. The highest BCUT2D eigenvalue weighted by atomic mass is 16.6. The Hall–Kier alpha value is -2.28. The molecule has 0 unspecified atom stereocenters. The van der Waals surface area contributed by atoms with Gasteiger partial charge < -0.3 is 20.5 Å². The number of hydrogen-bond acceptors (Lipinski definition) is 5. The summed E-state index contributed by atoms with van der Waals surface area (Å²) in [6.45, 7) is 10.4. The number of amides is 1. The van der Waals surface area contributed by atoms with E-state index < -0.39 is 11.2 Å². The van der Waals surface area contributed by atoms with Gasteiger partial charge in [-0.15, -0.1) is 0 Å². The van der Waals surface area contributed by atoms with Crippen LogP contribution in [0.15, 0.2) is 18.3 Å². The van der Waals surface area contributed by atoms with E-state index in [1.165, 1.54) is 0 Å². The van der Waals surface area contributed by atoms with Crippen LogP contribution in [0.3, 0.4) is 0 Å². The lowest BCUT2D eigenvalue weighted by molar-refractivity contribution is 0.0185. The van der Waals surface area contributed by atoms with Crippen molar-refractivity contribution in [2.45, 2.75) is 64.7 Å². The van der Waals surface area contributed by atoms with Crippen molar-refractivity contribution in [1.29, 1.82) is 0 Å². The van der Waals surface area contributed by atoms with Gasteiger partial charge in [0.2, 0.25) is 0 Å². The van der Waals surface area contributed by atoms with Crippen molar-refractivity contribution in [3.05, 3.63) is 23.9 Å². The number of hydrogen-bond donors (Lipinski definition) is 2. The quantitative estimate of drug-likeness (QED) is 0.786. The number of anilines is 1. The minimum Gasteiger partial charge on any atom is -0.444 e. The first-order chi connectivity index (χ1) is 12.4. The van der Waals surface area contributed by atoms with Gasteiger partial charge in [-0.25, -0.2) is 4.79 Å². The number of nitrogen functional groups attached to an aromatic ring is 1. The zero-order valence-corrected chi connectivity index (χ0v) is 16.8. The first-order valence-electron chi connectivity index (χ1n) is 9.43. The van der Waals surface area contributed by atoms with Crippen LogP contribution in [0.5, 0.6) is 0 Å². The van der Waals surface area contributed by atoms with Gasteiger partial charge in [0, 0.05) is 35.9 Å². The van der Waals surface area contributed by atoms with Gasteiger partial charge in [0.1, 0.15) is 5.60 Å². The average molecular weight is 374 g/mol. The summed E-state index contributed by atoms with van der Waals surface area (Å²) in [6.07, 6.45) is 3.38. The molecule has 2 aromatic rings. The molecule has 1 aromatic carbocycles. The third kappa shape index (κ3) is 4.35. The van der Waals surface area contributed by atoms with Gasteiger partial charge in [0.15, 0.2) is 0 Å². The SMILES string of the molecule is CC(C)(C)OC(=O)N1CCC(n2cc3cc(N)c(C(C)(C)O)cc3n2)CC1. The second-order valence-electron chi connectivity index (χ2n) is 8.86. The van der Waals surface area contributed by atoms with Gasteiger partial charge in [-0.3, -0.25) is 4.68 Å². The molecule has 0 spiro atoms. The molecule has 3 rings (SSSR count). The fourth-order valence-electron chi connectivity index (χ4n) is 3.46. The van der Waals surface area contributed by atoms with E-state index in [1.807, 2.05) is 43.8 Å². The number of likely N-dealkylation sites (tertiary alicyclic amines) is 1. The topological polar surface area (TPSA) is 93.6 Å². The molecule has 27 heavy (non-hydrogen) atoms. The van der Waals surface area contributed by atoms with Crippen LogP contribution in [0.4, 0.5) is 10.5 Å². The largest absolute Gasteiger partial charge is 0.444 e. The van der Waals surface area contributed by atoms with E-state index in [9.17, 15) is 9.90 Å². The van der Waals surface area contributed by atoms with Crippen LogP contribution in [-0.2, 0) is 10.3 Å². The summed E-state index contributed by atoms with van der Waals surface area (Å²) < 4.78 is 7.41. The van der Waals surface area contributed by atoms with E-state index in [4.69, 9.17) is 15.6 Å². The Morgan fingerprint density at radius 1 is 1.22 bits per heavy atom. The lowest BCUT2D eigenvalue weighted by atomic mass is 9.95. The van der Waals surface area contributed by atoms with E-state index >= 15 is 0 Å². The van der Waals surface area contributed by atoms with Crippen molar-refractivity contribution in [3.8, 4) is 0 Å². The van der Waals surface area contributed by atoms with Gasteiger partial charge in [-0.2, -0.15) is 5.10 Å². The molecule has 1 aliphatic heterocycles. The summed E-state index contributed by atoms with van der Waals surface area (Å²) in [5.74, 6) is 0. The first-order valence-corrected chi connectivity index (χ1v) is 9.43. The number of ether oxygens (including phenoxy) is 1. The van der Waals surface area contributed by atoms with Crippen LogP contribution in [0.25, 0.3) is 10.9 Å². The minimum absolute atomic E-state index is 0.225. The molecule has 1 aromatic heterocycles. The van der Waals surface area contributed by atoms with Crippen molar-refractivity contribution in [3.63, 3.8) is 0 Å². The molecule has 0 bridgehead atoms. The van der Waals surface area contributed by atoms with Gasteiger partial charge in [-0.05, 0) is 59.6 Å². The summed E-state index contributed by atoms with van der Waals surface area (Å²) in [7, 11) is 0. The van der Waals surface area contributed by atoms with Crippen LogP contribution in [-0.4, -0.2) is 44.6 Å². The van der Waals surface area contributed by atoms with Gasteiger partial charge >= 0.3 is 6.09 Å². The van der Waals surface area contributed by atoms with Crippen molar-refractivity contribution in [2.24, 2.45) is 0 Å². The third-order valence-electron chi connectivity index (χ3n) is 4.84. The Morgan fingerprint density at radius 2 is 1.85 bits per heavy atom. The van der Waals surface area contributed by atoms with Crippen LogP contribution < -0.4 is 5.73 Å². The summed E-state index contributed by atoms with van der Waals surface area (Å²) in [5.41, 5.74) is 6.67. The summed E-state index contributed by atoms with van der Waals surface area (Å²) in [4.78, 5) is 14.0. The summed E-state index contributed by atoms with van der Waals surface area (Å²) in [5, 5.41) is 15.9. The Balaban J connectivity index is 1.73. The Kier molecular flexibility index (Phi) is 4.84. The number of carbonyl (C=O) groups is 1. The van der Waals surface area contributed by atoms with Crippen LogP contribution in [0.1, 0.15) is 59.1 Å². The maximum atomic E-state index is 12.2. The minimum atomic E-state index is -1.01. The predicted molar refractivity (Wildman–Crippen MR) is 105 cm³/mol. The van der Waals surface area contributed by atoms with Crippen molar-refractivity contribution in [1.82, 2.24) is 14.7 Å². The summed E-state index contributed by atoms with van der Waals surface area (Å²) >= 11 is 0. The van der Waals surface area contributed by atoms with Crippen LogP contribution in [0.2, 0.25) is 0 Å². The number of benzene rings is 1.